The second-order valence-corrected chi connectivity index (χ2v) is 10.3. The monoisotopic (exact) mass is 596 g/mol. The minimum atomic E-state index is -0.308. The maximum absolute atomic E-state index is 13.6. The Labute approximate surface area is 251 Å². The zero-order valence-electron chi connectivity index (χ0n) is 24.2. The van der Waals surface area contributed by atoms with Crippen LogP contribution in [0.4, 0.5) is 22.2 Å². The fourth-order valence-corrected chi connectivity index (χ4v) is 4.53. The van der Waals surface area contributed by atoms with E-state index >= 15 is 0 Å². The van der Waals surface area contributed by atoms with Gasteiger partial charge in [-0.3, -0.25) is 4.79 Å². The molecule has 1 aromatic heterocycles. The lowest BCUT2D eigenvalue weighted by Crippen LogP contribution is -2.29. The number of carbonyl (C=O) groups is 1. The molecule has 0 unspecified atom stereocenters. The number of anilines is 3. The highest BCUT2D eigenvalue weighted by Gasteiger charge is 2.20. The SMILES string of the molecule is NCCOCCOCCNC(=O)c1ccc(CNc2nc(NCc3cccc(F)c3)nc(NC3CCC(O)CC3)n2)cc1. The number of aromatic nitrogens is 3. The van der Waals surface area contributed by atoms with E-state index < -0.39 is 0 Å². The summed E-state index contributed by atoms with van der Waals surface area (Å²) in [7, 11) is 0. The lowest BCUT2D eigenvalue weighted by atomic mass is 9.93. The summed E-state index contributed by atoms with van der Waals surface area (Å²) in [4.78, 5) is 26.0. The molecule has 1 amide bonds. The Morgan fingerprint density at radius 1 is 0.860 bits per heavy atom. The van der Waals surface area contributed by atoms with Crippen LogP contribution in [0.1, 0.15) is 47.2 Å². The molecule has 4 rings (SSSR count). The molecular weight excluding hydrogens is 555 g/mol. The zero-order valence-corrected chi connectivity index (χ0v) is 24.2. The van der Waals surface area contributed by atoms with Crippen molar-refractivity contribution in [2.24, 2.45) is 5.73 Å². The molecule has 1 aliphatic carbocycles. The van der Waals surface area contributed by atoms with Gasteiger partial charge in [0.25, 0.3) is 5.91 Å². The van der Waals surface area contributed by atoms with E-state index in [9.17, 15) is 14.3 Å². The molecule has 0 saturated heterocycles. The van der Waals surface area contributed by atoms with Gasteiger partial charge in [0, 0.05) is 37.8 Å². The Morgan fingerprint density at radius 3 is 2.19 bits per heavy atom. The number of benzene rings is 2. The average Bonchev–Trinajstić information content (AvgIpc) is 3.01. The van der Waals surface area contributed by atoms with Gasteiger partial charge in [0.1, 0.15) is 5.82 Å². The van der Waals surface area contributed by atoms with E-state index in [4.69, 9.17) is 15.2 Å². The van der Waals surface area contributed by atoms with Crippen molar-refractivity contribution in [3.05, 3.63) is 71.0 Å². The van der Waals surface area contributed by atoms with Crippen molar-refractivity contribution in [1.29, 1.82) is 0 Å². The van der Waals surface area contributed by atoms with Crippen LogP contribution < -0.4 is 27.0 Å². The Hall–Kier alpha value is -3.91. The fraction of sp³-hybridized carbons (Fsp3) is 0.467. The van der Waals surface area contributed by atoms with Crippen LogP contribution in [0.5, 0.6) is 0 Å². The molecule has 2 aromatic carbocycles. The van der Waals surface area contributed by atoms with E-state index in [0.717, 1.165) is 36.8 Å². The molecule has 43 heavy (non-hydrogen) atoms. The van der Waals surface area contributed by atoms with Crippen LogP contribution in [-0.2, 0) is 22.6 Å². The summed E-state index contributed by atoms with van der Waals surface area (Å²) in [5, 5.41) is 22.4. The molecule has 1 fully saturated rings. The summed E-state index contributed by atoms with van der Waals surface area (Å²) in [6.45, 7) is 3.46. The number of aliphatic hydroxyl groups excluding tert-OH is 1. The van der Waals surface area contributed by atoms with Crippen LogP contribution >= 0.6 is 0 Å². The first-order valence-electron chi connectivity index (χ1n) is 14.6. The largest absolute Gasteiger partial charge is 0.393 e. The maximum Gasteiger partial charge on any atom is 0.251 e. The Kier molecular flexibility index (Phi) is 12.9. The maximum atomic E-state index is 13.6. The molecule has 0 aliphatic heterocycles. The van der Waals surface area contributed by atoms with Gasteiger partial charge in [-0.05, 0) is 61.1 Å². The van der Waals surface area contributed by atoms with Crippen LogP contribution in [0.15, 0.2) is 48.5 Å². The molecule has 0 bridgehead atoms. The first-order chi connectivity index (χ1) is 21.0. The molecule has 3 aromatic rings. The number of halogens is 1. The van der Waals surface area contributed by atoms with Crippen molar-refractivity contribution in [2.45, 2.75) is 50.9 Å². The molecule has 1 aliphatic rings. The summed E-state index contributed by atoms with van der Waals surface area (Å²) in [6, 6.07) is 13.7. The van der Waals surface area contributed by atoms with Crippen LogP contribution in [0.3, 0.4) is 0 Å². The smallest absolute Gasteiger partial charge is 0.251 e. The fourth-order valence-electron chi connectivity index (χ4n) is 4.53. The molecule has 1 heterocycles. The number of nitrogens with two attached hydrogens (primary N) is 1. The quantitative estimate of drug-likeness (QED) is 0.127. The van der Waals surface area contributed by atoms with Gasteiger partial charge in [-0.15, -0.1) is 0 Å². The van der Waals surface area contributed by atoms with Gasteiger partial charge in [0.05, 0.1) is 32.5 Å². The average molecular weight is 597 g/mol. The van der Waals surface area contributed by atoms with Gasteiger partial charge in [0.15, 0.2) is 0 Å². The number of aliphatic hydroxyl groups is 1. The number of amides is 1. The third-order valence-electron chi connectivity index (χ3n) is 6.84. The summed E-state index contributed by atoms with van der Waals surface area (Å²) < 4.78 is 24.3. The highest BCUT2D eigenvalue weighted by molar-refractivity contribution is 5.94. The standard InChI is InChI=1S/C30H41FN8O4/c31-24-3-1-2-22(18-24)20-35-29-37-28(38-30(39-29)36-25-8-10-26(40)11-9-25)34-19-21-4-6-23(7-5-21)27(41)33-13-15-43-17-16-42-14-12-32/h1-7,18,25-26,40H,8-17,19-20,32H2,(H,33,41)(H3,34,35,36,37,38,39). The van der Waals surface area contributed by atoms with Crippen molar-refractivity contribution >= 4 is 23.8 Å². The van der Waals surface area contributed by atoms with Gasteiger partial charge in [-0.1, -0.05) is 24.3 Å². The number of ether oxygens (including phenoxy) is 2. The van der Waals surface area contributed by atoms with Crippen molar-refractivity contribution in [2.75, 3.05) is 55.5 Å². The van der Waals surface area contributed by atoms with E-state index in [0.29, 0.717) is 76.0 Å². The minimum absolute atomic E-state index is 0.148. The van der Waals surface area contributed by atoms with Gasteiger partial charge in [-0.25, -0.2) is 4.39 Å². The Balaban J connectivity index is 1.30. The van der Waals surface area contributed by atoms with Crippen molar-refractivity contribution in [1.82, 2.24) is 20.3 Å². The third kappa shape index (κ3) is 11.4. The number of rotatable bonds is 17. The van der Waals surface area contributed by atoms with Crippen molar-refractivity contribution < 1.29 is 23.8 Å². The second-order valence-electron chi connectivity index (χ2n) is 10.3. The topological polar surface area (TPSA) is 169 Å². The third-order valence-corrected chi connectivity index (χ3v) is 6.84. The molecule has 0 radical (unpaired) electrons. The normalized spacial score (nSPS) is 16.4. The minimum Gasteiger partial charge on any atom is -0.393 e. The molecule has 0 spiro atoms. The van der Waals surface area contributed by atoms with Crippen LogP contribution in [0, 0.1) is 5.82 Å². The lowest BCUT2D eigenvalue weighted by Gasteiger charge is -2.26. The molecule has 232 valence electrons. The number of nitrogens with zero attached hydrogens (tertiary/aromatic N) is 3. The van der Waals surface area contributed by atoms with Gasteiger partial charge in [-0.2, -0.15) is 15.0 Å². The Bertz CT molecular complexity index is 1280. The zero-order chi connectivity index (χ0) is 30.3. The van der Waals surface area contributed by atoms with Crippen LogP contribution in [-0.4, -0.2) is 77.6 Å². The van der Waals surface area contributed by atoms with E-state index in [1.165, 1.54) is 12.1 Å². The Morgan fingerprint density at radius 2 is 1.51 bits per heavy atom. The van der Waals surface area contributed by atoms with E-state index in [1.807, 2.05) is 18.2 Å². The molecule has 12 nitrogen and oxygen atoms in total. The molecular formula is C30H41FN8O4. The highest BCUT2D eigenvalue weighted by Crippen LogP contribution is 2.22. The highest BCUT2D eigenvalue weighted by atomic mass is 19.1. The molecule has 1 saturated carbocycles. The van der Waals surface area contributed by atoms with E-state index in [-0.39, 0.29) is 23.9 Å². The summed E-state index contributed by atoms with van der Waals surface area (Å²) in [5.74, 6) is 0.640. The van der Waals surface area contributed by atoms with Crippen LogP contribution in [0.25, 0.3) is 0 Å². The van der Waals surface area contributed by atoms with Gasteiger partial charge < -0.3 is 41.6 Å². The molecule has 13 heteroatoms. The number of hydrogen-bond acceptors (Lipinski definition) is 11. The second kappa shape index (κ2) is 17.3. The van der Waals surface area contributed by atoms with E-state index in [2.05, 4.69) is 36.2 Å². The summed E-state index contributed by atoms with van der Waals surface area (Å²) >= 11 is 0. The number of hydrogen-bond donors (Lipinski definition) is 6. The molecule has 7 N–H and O–H groups in total. The first kappa shape index (κ1) is 32.0. The van der Waals surface area contributed by atoms with Crippen LogP contribution in [0.2, 0.25) is 0 Å². The number of nitrogens with one attached hydrogen (secondary N) is 4. The predicted octanol–water partition coefficient (Wildman–Crippen LogP) is 2.67. The molecule has 0 atom stereocenters. The van der Waals surface area contributed by atoms with Crippen molar-refractivity contribution in [3.8, 4) is 0 Å². The lowest BCUT2D eigenvalue weighted by molar-refractivity contribution is 0.0511. The summed E-state index contributed by atoms with van der Waals surface area (Å²) in [5.41, 5.74) is 7.60. The summed E-state index contributed by atoms with van der Waals surface area (Å²) in [6.07, 6.45) is 2.83. The van der Waals surface area contributed by atoms with E-state index in [1.54, 1.807) is 18.2 Å². The number of carbonyl (C=O) groups excluding carboxylic acids is 1. The van der Waals surface area contributed by atoms with Gasteiger partial charge in [0.2, 0.25) is 17.8 Å². The van der Waals surface area contributed by atoms with Crippen molar-refractivity contribution in [3.63, 3.8) is 0 Å². The van der Waals surface area contributed by atoms with Gasteiger partial charge >= 0.3 is 0 Å². The first-order valence-corrected chi connectivity index (χ1v) is 14.6. The predicted molar refractivity (Wildman–Crippen MR) is 162 cm³/mol.